The van der Waals surface area contributed by atoms with Crippen molar-refractivity contribution in [3.05, 3.63) is 54.1 Å². The molecule has 0 aliphatic rings. The molecule has 0 radical (unpaired) electrons. The molecule has 0 spiro atoms. The molecule has 2 aromatic carbocycles. The van der Waals surface area contributed by atoms with Gasteiger partial charge in [-0.1, -0.05) is 47.7 Å². The second kappa shape index (κ2) is 5.29. The minimum atomic E-state index is -1.69. The molecule has 0 heterocycles. The number of hydrogen-bond donors (Lipinski definition) is 0. The van der Waals surface area contributed by atoms with Crippen molar-refractivity contribution in [2.45, 2.75) is 13.1 Å². The van der Waals surface area contributed by atoms with Crippen LogP contribution in [0.3, 0.4) is 0 Å². The topological polar surface area (TPSA) is 33.0 Å². The quantitative estimate of drug-likeness (QED) is 0.800. The third-order valence-corrected chi connectivity index (χ3v) is 7.10. The fraction of sp³-hybridized carbons (Fsp3) is 0.188. The van der Waals surface area contributed by atoms with Gasteiger partial charge in [0.05, 0.1) is 18.7 Å². The Hall–Kier alpha value is -2.05. The average molecular weight is 267 g/mol. The molecule has 0 saturated heterocycles. The highest BCUT2D eigenvalue weighted by molar-refractivity contribution is 7.00. The highest BCUT2D eigenvalue weighted by Gasteiger charge is 2.25. The zero-order chi connectivity index (χ0) is 13.9. The van der Waals surface area contributed by atoms with Gasteiger partial charge in [0.15, 0.2) is 0 Å². The molecule has 0 bridgehead atoms. The SMILES string of the molecule is COc1ccc([Si](C)(C)c2ccc(C#N)cc2)cc1. The van der Waals surface area contributed by atoms with Gasteiger partial charge >= 0.3 is 0 Å². The molecule has 2 rings (SSSR count). The third kappa shape index (κ3) is 2.69. The molecule has 0 aliphatic heterocycles. The van der Waals surface area contributed by atoms with Gasteiger partial charge in [0, 0.05) is 0 Å². The van der Waals surface area contributed by atoms with E-state index in [0.717, 1.165) is 5.75 Å². The third-order valence-electron chi connectivity index (χ3n) is 3.55. The molecule has 3 heteroatoms. The van der Waals surface area contributed by atoms with Crippen molar-refractivity contribution in [1.82, 2.24) is 0 Å². The lowest BCUT2D eigenvalue weighted by molar-refractivity contribution is 0.415. The lowest BCUT2D eigenvalue weighted by Crippen LogP contribution is -2.52. The van der Waals surface area contributed by atoms with Crippen LogP contribution in [0.25, 0.3) is 0 Å². The highest BCUT2D eigenvalue weighted by Crippen LogP contribution is 2.11. The first-order valence-electron chi connectivity index (χ1n) is 6.23. The molecular formula is C16H17NOSi. The lowest BCUT2D eigenvalue weighted by Gasteiger charge is -2.23. The molecule has 2 nitrogen and oxygen atoms in total. The summed E-state index contributed by atoms with van der Waals surface area (Å²) >= 11 is 0. The first-order chi connectivity index (χ1) is 9.07. The van der Waals surface area contributed by atoms with Crippen LogP contribution >= 0.6 is 0 Å². The van der Waals surface area contributed by atoms with Crippen molar-refractivity contribution >= 4 is 18.4 Å². The van der Waals surface area contributed by atoms with Crippen LogP contribution in [0.1, 0.15) is 5.56 Å². The summed E-state index contributed by atoms with van der Waals surface area (Å²) in [5.74, 6) is 0.883. The van der Waals surface area contributed by atoms with Crippen LogP contribution in [0.15, 0.2) is 48.5 Å². The maximum Gasteiger partial charge on any atom is 0.118 e. The predicted molar refractivity (Wildman–Crippen MR) is 80.9 cm³/mol. The second-order valence-corrected chi connectivity index (χ2v) is 9.45. The van der Waals surface area contributed by atoms with Crippen LogP contribution in [-0.4, -0.2) is 15.2 Å². The van der Waals surface area contributed by atoms with Gasteiger partial charge in [0.1, 0.15) is 13.8 Å². The Morgan fingerprint density at radius 3 is 1.79 bits per heavy atom. The van der Waals surface area contributed by atoms with Crippen molar-refractivity contribution < 1.29 is 4.74 Å². The van der Waals surface area contributed by atoms with Gasteiger partial charge in [-0.05, 0) is 24.3 Å². The summed E-state index contributed by atoms with van der Waals surface area (Å²) in [6.45, 7) is 4.63. The van der Waals surface area contributed by atoms with E-state index in [1.54, 1.807) is 7.11 Å². The van der Waals surface area contributed by atoms with E-state index in [1.807, 2.05) is 24.3 Å². The fourth-order valence-electron chi connectivity index (χ4n) is 2.14. The molecule has 0 atom stereocenters. The average Bonchev–Trinajstić information content (AvgIpc) is 2.47. The zero-order valence-corrected chi connectivity index (χ0v) is 12.5. The smallest absolute Gasteiger partial charge is 0.118 e. The van der Waals surface area contributed by atoms with Gasteiger partial charge in [-0.15, -0.1) is 0 Å². The largest absolute Gasteiger partial charge is 0.497 e. The number of ether oxygens (including phenoxy) is 1. The van der Waals surface area contributed by atoms with Gasteiger partial charge in [-0.3, -0.25) is 0 Å². The standard InChI is InChI=1S/C16H17NOSi/c1-18-14-6-10-16(11-7-14)19(2,3)15-8-4-13(12-17)5-9-15/h4-11H,1-3H3. The number of rotatable bonds is 3. The van der Waals surface area contributed by atoms with E-state index >= 15 is 0 Å². The Bertz CT molecular complexity index is 594. The van der Waals surface area contributed by atoms with Crippen LogP contribution in [-0.2, 0) is 0 Å². The van der Waals surface area contributed by atoms with Crippen molar-refractivity contribution in [3.8, 4) is 11.8 Å². The Balaban J connectivity index is 2.36. The predicted octanol–water partition coefficient (Wildman–Crippen LogP) is 2.39. The molecule has 0 saturated carbocycles. The molecule has 2 aromatic rings. The summed E-state index contributed by atoms with van der Waals surface area (Å²) in [5, 5.41) is 11.5. The summed E-state index contributed by atoms with van der Waals surface area (Å²) in [6.07, 6.45) is 0. The molecule has 0 amide bonds. The molecule has 96 valence electrons. The first kappa shape index (κ1) is 13.4. The van der Waals surface area contributed by atoms with E-state index in [4.69, 9.17) is 10.00 Å². The van der Waals surface area contributed by atoms with Crippen molar-refractivity contribution in [1.29, 1.82) is 5.26 Å². The van der Waals surface area contributed by atoms with Crippen LogP contribution in [0.5, 0.6) is 5.75 Å². The Kier molecular flexibility index (Phi) is 3.73. The Morgan fingerprint density at radius 1 is 0.895 bits per heavy atom. The van der Waals surface area contributed by atoms with E-state index in [0.29, 0.717) is 5.56 Å². The first-order valence-corrected chi connectivity index (χ1v) is 9.23. The number of methoxy groups -OCH3 is 1. The minimum Gasteiger partial charge on any atom is -0.497 e. The summed E-state index contributed by atoms with van der Waals surface area (Å²) in [7, 11) is -0.0131. The molecule has 0 aliphatic carbocycles. The molecule has 0 N–H and O–H groups in total. The van der Waals surface area contributed by atoms with Crippen LogP contribution in [0, 0.1) is 11.3 Å². The Labute approximate surface area is 115 Å². The molecule has 0 fully saturated rings. The second-order valence-electron chi connectivity index (χ2n) is 5.04. The van der Waals surface area contributed by atoms with Crippen LogP contribution < -0.4 is 15.1 Å². The Morgan fingerprint density at radius 2 is 1.37 bits per heavy atom. The summed E-state index contributed by atoms with van der Waals surface area (Å²) in [6, 6.07) is 18.4. The minimum absolute atomic E-state index is 0.711. The summed E-state index contributed by atoms with van der Waals surface area (Å²) in [5.41, 5.74) is 0.711. The van der Waals surface area contributed by atoms with Crippen LogP contribution in [0.2, 0.25) is 13.1 Å². The van der Waals surface area contributed by atoms with E-state index in [-0.39, 0.29) is 0 Å². The fourth-order valence-corrected chi connectivity index (χ4v) is 4.47. The van der Waals surface area contributed by atoms with Gasteiger partial charge in [-0.25, -0.2) is 0 Å². The number of benzene rings is 2. The lowest BCUT2D eigenvalue weighted by atomic mass is 10.2. The number of hydrogen-bond acceptors (Lipinski definition) is 2. The monoisotopic (exact) mass is 267 g/mol. The number of nitrogens with zero attached hydrogens (tertiary/aromatic N) is 1. The maximum absolute atomic E-state index is 8.85. The zero-order valence-electron chi connectivity index (χ0n) is 11.5. The van der Waals surface area contributed by atoms with E-state index in [2.05, 4.69) is 43.4 Å². The van der Waals surface area contributed by atoms with Gasteiger partial charge in [0.2, 0.25) is 0 Å². The van der Waals surface area contributed by atoms with Gasteiger partial charge in [0.25, 0.3) is 0 Å². The van der Waals surface area contributed by atoms with Crippen molar-refractivity contribution in [3.63, 3.8) is 0 Å². The highest BCUT2D eigenvalue weighted by atomic mass is 28.3. The van der Waals surface area contributed by atoms with Gasteiger partial charge in [-0.2, -0.15) is 5.26 Å². The van der Waals surface area contributed by atoms with E-state index < -0.39 is 8.07 Å². The van der Waals surface area contributed by atoms with Crippen molar-refractivity contribution in [2.24, 2.45) is 0 Å². The normalized spacial score (nSPS) is 10.8. The van der Waals surface area contributed by atoms with Gasteiger partial charge < -0.3 is 4.74 Å². The number of nitriles is 1. The maximum atomic E-state index is 8.85. The molecule has 0 aromatic heterocycles. The van der Waals surface area contributed by atoms with Crippen molar-refractivity contribution in [2.75, 3.05) is 7.11 Å². The molecule has 0 unspecified atom stereocenters. The van der Waals surface area contributed by atoms with E-state index in [1.165, 1.54) is 10.4 Å². The summed E-state index contributed by atoms with van der Waals surface area (Å²) in [4.78, 5) is 0. The molecule has 19 heavy (non-hydrogen) atoms. The summed E-state index contributed by atoms with van der Waals surface area (Å²) < 4.78 is 5.20. The van der Waals surface area contributed by atoms with Crippen LogP contribution in [0.4, 0.5) is 0 Å². The van der Waals surface area contributed by atoms with E-state index in [9.17, 15) is 0 Å². The molecular weight excluding hydrogens is 250 g/mol.